The maximum absolute atomic E-state index is 12.5. The molecular weight excluding hydrogens is 278 g/mol. The highest BCUT2D eigenvalue weighted by Gasteiger charge is 2.24. The van der Waals surface area contributed by atoms with Crippen molar-refractivity contribution in [1.29, 1.82) is 0 Å². The number of likely N-dealkylation sites (tertiary alicyclic amines) is 1. The first-order valence-corrected chi connectivity index (χ1v) is 7.65. The lowest BCUT2D eigenvalue weighted by Gasteiger charge is -2.28. The quantitative estimate of drug-likeness (QED) is 0.923. The van der Waals surface area contributed by atoms with Gasteiger partial charge in [0.2, 0.25) is 0 Å². The van der Waals surface area contributed by atoms with Crippen LogP contribution in [0, 0.1) is 13.8 Å². The molecule has 0 aliphatic carbocycles. The number of aliphatic hydroxyl groups excluding tert-OH is 1. The Morgan fingerprint density at radius 2 is 1.82 bits per heavy atom. The highest BCUT2D eigenvalue weighted by atomic mass is 16.3. The third kappa shape index (κ3) is 2.90. The lowest BCUT2D eigenvalue weighted by molar-refractivity contribution is 0.0541. The van der Waals surface area contributed by atoms with Gasteiger partial charge in [0.05, 0.1) is 11.8 Å². The number of aryl methyl sites for hydroxylation is 2. The van der Waals surface area contributed by atoms with E-state index in [1.54, 1.807) is 9.58 Å². The minimum Gasteiger partial charge on any atom is -0.393 e. The summed E-state index contributed by atoms with van der Waals surface area (Å²) < 4.78 is 1.80. The summed E-state index contributed by atoms with van der Waals surface area (Å²) in [4.78, 5) is 14.3. The zero-order valence-corrected chi connectivity index (χ0v) is 13.0. The van der Waals surface area contributed by atoms with Crippen molar-refractivity contribution in [2.24, 2.45) is 0 Å². The molecule has 0 spiro atoms. The van der Waals surface area contributed by atoms with E-state index < -0.39 is 0 Å². The van der Waals surface area contributed by atoms with E-state index in [4.69, 9.17) is 0 Å². The molecule has 3 rings (SSSR count). The van der Waals surface area contributed by atoms with Crippen LogP contribution in [-0.4, -0.2) is 44.9 Å². The minimum absolute atomic E-state index is 0.0548. The lowest BCUT2D eigenvalue weighted by Crippen LogP contribution is -2.40. The summed E-state index contributed by atoms with van der Waals surface area (Å²) in [6.07, 6.45) is 1.00. The fraction of sp³-hybridized carbons (Fsp3) is 0.412. The molecule has 0 radical (unpaired) electrons. The van der Waals surface area contributed by atoms with Crippen molar-refractivity contribution in [3.63, 3.8) is 0 Å². The van der Waals surface area contributed by atoms with Crippen molar-refractivity contribution in [3.05, 3.63) is 47.3 Å². The Balaban J connectivity index is 1.82. The molecule has 0 unspecified atom stereocenters. The predicted molar refractivity (Wildman–Crippen MR) is 84.2 cm³/mol. The summed E-state index contributed by atoms with van der Waals surface area (Å²) >= 11 is 0. The molecule has 1 aliphatic heterocycles. The number of rotatable bonds is 2. The van der Waals surface area contributed by atoms with E-state index in [-0.39, 0.29) is 12.0 Å². The molecule has 2 heterocycles. The monoisotopic (exact) mass is 299 g/mol. The van der Waals surface area contributed by atoms with Gasteiger partial charge in [-0.05, 0) is 44.9 Å². The summed E-state index contributed by atoms with van der Waals surface area (Å²) in [5.74, 6) is -0.0548. The molecule has 22 heavy (non-hydrogen) atoms. The SMILES string of the molecule is Cc1ccc(-n2nc(C(=O)N3CCC(O)CC3)cc2C)cc1. The predicted octanol–water partition coefficient (Wildman–Crippen LogP) is 2.09. The van der Waals surface area contributed by atoms with Crippen LogP contribution in [0.25, 0.3) is 5.69 Å². The van der Waals surface area contributed by atoms with Crippen LogP contribution in [0.15, 0.2) is 30.3 Å². The van der Waals surface area contributed by atoms with Crippen molar-refractivity contribution in [2.75, 3.05) is 13.1 Å². The number of carbonyl (C=O) groups excluding carboxylic acids is 1. The molecule has 1 aliphatic rings. The van der Waals surface area contributed by atoms with E-state index in [1.807, 2.05) is 44.2 Å². The van der Waals surface area contributed by atoms with Gasteiger partial charge >= 0.3 is 0 Å². The molecule has 116 valence electrons. The van der Waals surface area contributed by atoms with Gasteiger partial charge in [0.25, 0.3) is 5.91 Å². The fourth-order valence-corrected chi connectivity index (χ4v) is 2.76. The van der Waals surface area contributed by atoms with E-state index in [2.05, 4.69) is 5.10 Å². The fourth-order valence-electron chi connectivity index (χ4n) is 2.76. The Hall–Kier alpha value is -2.14. The van der Waals surface area contributed by atoms with Crippen LogP contribution in [0.4, 0.5) is 0 Å². The van der Waals surface area contributed by atoms with E-state index in [0.29, 0.717) is 31.6 Å². The summed E-state index contributed by atoms with van der Waals surface area (Å²) in [7, 11) is 0. The second kappa shape index (κ2) is 5.93. The third-order valence-corrected chi connectivity index (χ3v) is 4.14. The first kappa shape index (κ1) is 14.8. The average Bonchev–Trinajstić information content (AvgIpc) is 2.90. The second-order valence-corrected chi connectivity index (χ2v) is 5.94. The van der Waals surface area contributed by atoms with Gasteiger partial charge in [-0.1, -0.05) is 17.7 Å². The van der Waals surface area contributed by atoms with Gasteiger partial charge in [0.15, 0.2) is 5.69 Å². The third-order valence-electron chi connectivity index (χ3n) is 4.14. The molecule has 0 atom stereocenters. The number of carbonyl (C=O) groups is 1. The normalized spacial score (nSPS) is 16.0. The highest BCUT2D eigenvalue weighted by Crippen LogP contribution is 2.17. The number of hydrogen-bond donors (Lipinski definition) is 1. The smallest absolute Gasteiger partial charge is 0.274 e. The van der Waals surface area contributed by atoms with E-state index in [0.717, 1.165) is 11.4 Å². The highest BCUT2D eigenvalue weighted by molar-refractivity contribution is 5.92. The lowest BCUT2D eigenvalue weighted by atomic mass is 10.1. The van der Waals surface area contributed by atoms with E-state index in [1.165, 1.54) is 5.56 Å². The Morgan fingerprint density at radius 3 is 2.45 bits per heavy atom. The Labute approximate surface area is 130 Å². The van der Waals surface area contributed by atoms with Gasteiger partial charge < -0.3 is 10.0 Å². The molecule has 0 saturated carbocycles. The summed E-state index contributed by atoms with van der Waals surface area (Å²) in [6, 6.07) is 9.89. The zero-order valence-electron chi connectivity index (χ0n) is 13.0. The van der Waals surface area contributed by atoms with Crippen molar-refractivity contribution >= 4 is 5.91 Å². The number of aliphatic hydroxyl groups is 1. The van der Waals surface area contributed by atoms with Gasteiger partial charge in [-0.3, -0.25) is 4.79 Å². The van der Waals surface area contributed by atoms with E-state index >= 15 is 0 Å². The molecule has 1 amide bonds. The second-order valence-electron chi connectivity index (χ2n) is 5.94. The maximum atomic E-state index is 12.5. The first-order chi connectivity index (χ1) is 10.5. The Kier molecular flexibility index (Phi) is 3.98. The summed E-state index contributed by atoms with van der Waals surface area (Å²) in [5.41, 5.74) is 3.55. The summed E-state index contributed by atoms with van der Waals surface area (Å²) in [5, 5.41) is 14.0. The number of nitrogens with zero attached hydrogens (tertiary/aromatic N) is 3. The molecular formula is C17H21N3O2. The summed E-state index contributed by atoms with van der Waals surface area (Å²) in [6.45, 7) is 5.18. The topological polar surface area (TPSA) is 58.4 Å². The standard InChI is InChI=1S/C17H21N3O2/c1-12-3-5-14(6-4-12)20-13(2)11-16(18-20)17(22)19-9-7-15(21)8-10-19/h3-6,11,15,21H,7-10H2,1-2H3. The molecule has 1 fully saturated rings. The Morgan fingerprint density at radius 1 is 1.18 bits per heavy atom. The van der Waals surface area contributed by atoms with E-state index in [9.17, 15) is 9.90 Å². The van der Waals surface area contributed by atoms with Gasteiger partial charge in [-0.25, -0.2) is 4.68 Å². The van der Waals surface area contributed by atoms with Crippen molar-refractivity contribution in [3.8, 4) is 5.69 Å². The largest absolute Gasteiger partial charge is 0.393 e. The molecule has 1 saturated heterocycles. The van der Waals surface area contributed by atoms with Crippen molar-refractivity contribution in [1.82, 2.24) is 14.7 Å². The number of benzene rings is 1. The molecule has 5 heteroatoms. The van der Waals surface area contributed by atoms with Gasteiger partial charge in [0, 0.05) is 18.8 Å². The van der Waals surface area contributed by atoms with Gasteiger partial charge in [0.1, 0.15) is 0 Å². The molecule has 0 bridgehead atoms. The van der Waals surface area contributed by atoms with Crippen LogP contribution in [0.3, 0.4) is 0 Å². The first-order valence-electron chi connectivity index (χ1n) is 7.65. The van der Waals surface area contributed by atoms with Crippen LogP contribution in [-0.2, 0) is 0 Å². The van der Waals surface area contributed by atoms with Crippen molar-refractivity contribution < 1.29 is 9.90 Å². The van der Waals surface area contributed by atoms with Crippen LogP contribution in [0.1, 0.15) is 34.6 Å². The molecule has 5 nitrogen and oxygen atoms in total. The Bertz CT molecular complexity index is 668. The maximum Gasteiger partial charge on any atom is 0.274 e. The number of amides is 1. The number of hydrogen-bond acceptors (Lipinski definition) is 3. The number of aromatic nitrogens is 2. The van der Waals surface area contributed by atoms with Crippen LogP contribution >= 0.6 is 0 Å². The van der Waals surface area contributed by atoms with Crippen LogP contribution in [0.5, 0.6) is 0 Å². The number of piperidine rings is 1. The minimum atomic E-state index is -0.282. The van der Waals surface area contributed by atoms with Crippen molar-refractivity contribution in [2.45, 2.75) is 32.8 Å². The molecule has 2 aromatic rings. The van der Waals surface area contributed by atoms with Crippen LogP contribution < -0.4 is 0 Å². The zero-order chi connectivity index (χ0) is 15.7. The van der Waals surface area contributed by atoms with Gasteiger partial charge in [-0.2, -0.15) is 5.10 Å². The van der Waals surface area contributed by atoms with Gasteiger partial charge in [-0.15, -0.1) is 0 Å². The van der Waals surface area contributed by atoms with Crippen LogP contribution in [0.2, 0.25) is 0 Å². The molecule has 1 N–H and O–H groups in total. The molecule has 1 aromatic carbocycles. The average molecular weight is 299 g/mol. The molecule has 1 aromatic heterocycles.